The highest BCUT2D eigenvalue weighted by atomic mass is 14.6. The van der Waals surface area contributed by atoms with Gasteiger partial charge in [-0.3, -0.25) is 4.98 Å². The highest BCUT2D eigenvalue weighted by Gasteiger charge is 1.89. The maximum atomic E-state index is 7.21. The molecule has 2 nitrogen and oxygen atoms in total. The van der Waals surface area contributed by atoms with E-state index in [1.165, 1.54) is 0 Å². The lowest BCUT2D eigenvalue weighted by Gasteiger charge is -1.92. The Labute approximate surface area is 54.1 Å². The summed E-state index contributed by atoms with van der Waals surface area (Å²) in [7, 11) is 0. The first-order valence-corrected chi connectivity index (χ1v) is 2.76. The zero-order chi connectivity index (χ0) is 6.69. The van der Waals surface area contributed by atoms with Gasteiger partial charge in [-0.1, -0.05) is 0 Å². The first kappa shape index (κ1) is 5.95. The van der Waals surface area contributed by atoms with Crippen LogP contribution in [-0.4, -0.2) is 10.7 Å². The minimum absolute atomic E-state index is 0.581. The molecule has 1 N–H and O–H groups in total. The van der Waals surface area contributed by atoms with E-state index in [4.69, 9.17) is 5.41 Å². The average molecular weight is 120 g/mol. The molecule has 1 aromatic rings. The van der Waals surface area contributed by atoms with Crippen molar-refractivity contribution >= 4 is 5.71 Å². The smallest absolute Gasteiger partial charge is 0.0356 e. The summed E-state index contributed by atoms with van der Waals surface area (Å²) < 4.78 is 0. The molecular formula is C7H8N2. The Morgan fingerprint density at radius 3 is 2.33 bits per heavy atom. The van der Waals surface area contributed by atoms with Gasteiger partial charge in [-0.25, -0.2) is 0 Å². The summed E-state index contributed by atoms with van der Waals surface area (Å²) in [6, 6.07) is 3.64. The molecule has 0 spiro atoms. The van der Waals surface area contributed by atoms with E-state index in [1.807, 2.05) is 12.1 Å². The molecule has 0 saturated carbocycles. The number of pyridine rings is 1. The van der Waals surface area contributed by atoms with Crippen molar-refractivity contribution in [3.63, 3.8) is 0 Å². The Balaban J connectivity index is 2.98. The second kappa shape index (κ2) is 2.40. The van der Waals surface area contributed by atoms with Crippen molar-refractivity contribution in [1.29, 1.82) is 5.41 Å². The number of hydrogen-bond donors (Lipinski definition) is 1. The van der Waals surface area contributed by atoms with Crippen LogP contribution in [0.5, 0.6) is 0 Å². The molecule has 1 aromatic heterocycles. The van der Waals surface area contributed by atoms with Gasteiger partial charge in [0.2, 0.25) is 0 Å². The van der Waals surface area contributed by atoms with Crippen LogP contribution in [0.2, 0.25) is 0 Å². The molecule has 9 heavy (non-hydrogen) atoms. The maximum absolute atomic E-state index is 7.21. The quantitative estimate of drug-likeness (QED) is 0.560. The fourth-order valence-electron chi connectivity index (χ4n) is 0.602. The number of nitrogens with zero attached hydrogens (tertiary/aromatic N) is 1. The van der Waals surface area contributed by atoms with Gasteiger partial charge in [-0.15, -0.1) is 0 Å². The van der Waals surface area contributed by atoms with Crippen LogP contribution in [-0.2, 0) is 0 Å². The standard InChI is InChI=1S/C7H8N2/c1-6(8)7-2-4-9-5-3-7/h2-5,8H,1H3. The zero-order valence-corrected chi connectivity index (χ0v) is 5.26. The highest BCUT2D eigenvalue weighted by Crippen LogP contribution is 1.95. The molecule has 0 fully saturated rings. The summed E-state index contributed by atoms with van der Waals surface area (Å²) in [6.07, 6.45) is 3.38. The van der Waals surface area contributed by atoms with E-state index < -0.39 is 0 Å². The predicted molar refractivity (Wildman–Crippen MR) is 36.7 cm³/mol. The Hall–Kier alpha value is -1.18. The molecule has 1 rings (SSSR count). The van der Waals surface area contributed by atoms with Crippen molar-refractivity contribution in [2.24, 2.45) is 0 Å². The molecule has 0 unspecified atom stereocenters. The van der Waals surface area contributed by atoms with Crippen LogP contribution in [0, 0.1) is 5.41 Å². The van der Waals surface area contributed by atoms with E-state index >= 15 is 0 Å². The molecule has 0 amide bonds. The minimum Gasteiger partial charge on any atom is -0.305 e. The Bertz CT molecular complexity index is 203. The molecule has 0 aliphatic carbocycles. The van der Waals surface area contributed by atoms with Crippen LogP contribution < -0.4 is 0 Å². The van der Waals surface area contributed by atoms with Crippen LogP contribution in [0.4, 0.5) is 0 Å². The lowest BCUT2D eigenvalue weighted by Crippen LogP contribution is -1.89. The molecule has 0 saturated heterocycles. The third-order valence-corrected chi connectivity index (χ3v) is 1.11. The molecule has 0 aliphatic heterocycles. The van der Waals surface area contributed by atoms with Crippen molar-refractivity contribution in [3.8, 4) is 0 Å². The Morgan fingerprint density at radius 1 is 1.44 bits per heavy atom. The first-order chi connectivity index (χ1) is 4.30. The first-order valence-electron chi connectivity index (χ1n) is 2.76. The monoisotopic (exact) mass is 120 g/mol. The molecule has 0 aromatic carbocycles. The summed E-state index contributed by atoms with van der Waals surface area (Å²) in [4.78, 5) is 3.83. The van der Waals surface area contributed by atoms with Gasteiger partial charge < -0.3 is 5.41 Å². The van der Waals surface area contributed by atoms with Crippen LogP contribution in [0.3, 0.4) is 0 Å². The maximum Gasteiger partial charge on any atom is 0.0356 e. The second-order valence-corrected chi connectivity index (χ2v) is 1.86. The molecular weight excluding hydrogens is 112 g/mol. The molecule has 0 aliphatic rings. The van der Waals surface area contributed by atoms with E-state index in [0.29, 0.717) is 5.71 Å². The molecule has 0 bridgehead atoms. The van der Waals surface area contributed by atoms with Crippen molar-refractivity contribution in [2.75, 3.05) is 0 Å². The SMILES string of the molecule is CC(=N)c1ccncc1. The third-order valence-electron chi connectivity index (χ3n) is 1.11. The summed E-state index contributed by atoms with van der Waals surface area (Å²) in [6.45, 7) is 1.76. The summed E-state index contributed by atoms with van der Waals surface area (Å²) in [5.41, 5.74) is 1.52. The largest absolute Gasteiger partial charge is 0.305 e. The Morgan fingerprint density at radius 2 is 2.00 bits per heavy atom. The zero-order valence-electron chi connectivity index (χ0n) is 5.26. The van der Waals surface area contributed by atoms with Gasteiger partial charge in [0.15, 0.2) is 0 Å². The van der Waals surface area contributed by atoms with Gasteiger partial charge in [0.25, 0.3) is 0 Å². The van der Waals surface area contributed by atoms with E-state index in [0.717, 1.165) is 5.56 Å². The summed E-state index contributed by atoms with van der Waals surface area (Å²) >= 11 is 0. The molecule has 0 atom stereocenters. The normalized spacial score (nSPS) is 9.00. The van der Waals surface area contributed by atoms with Crippen LogP contribution in [0.1, 0.15) is 12.5 Å². The number of rotatable bonds is 1. The van der Waals surface area contributed by atoms with Crippen LogP contribution in [0.15, 0.2) is 24.5 Å². The molecule has 0 radical (unpaired) electrons. The van der Waals surface area contributed by atoms with Crippen LogP contribution in [0.25, 0.3) is 0 Å². The lowest BCUT2D eigenvalue weighted by atomic mass is 10.2. The molecule has 1 heterocycles. The van der Waals surface area contributed by atoms with Crippen molar-refractivity contribution in [2.45, 2.75) is 6.92 Å². The van der Waals surface area contributed by atoms with E-state index in [-0.39, 0.29) is 0 Å². The Kier molecular flexibility index (Phi) is 1.58. The van der Waals surface area contributed by atoms with Gasteiger partial charge in [0, 0.05) is 18.1 Å². The molecule has 46 valence electrons. The van der Waals surface area contributed by atoms with E-state index in [2.05, 4.69) is 4.98 Å². The fourth-order valence-corrected chi connectivity index (χ4v) is 0.602. The number of hydrogen-bond acceptors (Lipinski definition) is 2. The van der Waals surface area contributed by atoms with Gasteiger partial charge in [0.1, 0.15) is 0 Å². The van der Waals surface area contributed by atoms with Crippen molar-refractivity contribution in [1.82, 2.24) is 4.98 Å². The van der Waals surface area contributed by atoms with Gasteiger partial charge in [-0.2, -0.15) is 0 Å². The minimum atomic E-state index is 0.581. The highest BCUT2D eigenvalue weighted by molar-refractivity contribution is 5.95. The van der Waals surface area contributed by atoms with Crippen molar-refractivity contribution < 1.29 is 0 Å². The van der Waals surface area contributed by atoms with E-state index in [1.54, 1.807) is 19.3 Å². The van der Waals surface area contributed by atoms with Gasteiger partial charge >= 0.3 is 0 Å². The van der Waals surface area contributed by atoms with Crippen molar-refractivity contribution in [3.05, 3.63) is 30.1 Å². The topological polar surface area (TPSA) is 36.7 Å². The van der Waals surface area contributed by atoms with Crippen LogP contribution >= 0.6 is 0 Å². The average Bonchev–Trinajstić information content (AvgIpc) is 1.90. The number of aromatic nitrogens is 1. The summed E-state index contributed by atoms with van der Waals surface area (Å²) in [5, 5.41) is 7.21. The number of nitrogens with one attached hydrogen (secondary N) is 1. The van der Waals surface area contributed by atoms with E-state index in [9.17, 15) is 0 Å². The lowest BCUT2D eigenvalue weighted by molar-refractivity contribution is 1.31. The van der Waals surface area contributed by atoms with Gasteiger partial charge in [-0.05, 0) is 24.6 Å². The molecule has 2 heteroatoms. The fraction of sp³-hybridized carbons (Fsp3) is 0.143. The summed E-state index contributed by atoms with van der Waals surface area (Å²) in [5.74, 6) is 0. The third kappa shape index (κ3) is 1.35. The van der Waals surface area contributed by atoms with Gasteiger partial charge in [0.05, 0.1) is 0 Å². The second-order valence-electron chi connectivity index (χ2n) is 1.86. The predicted octanol–water partition coefficient (Wildman–Crippen LogP) is 1.47.